The molecule has 3 nitrogen and oxygen atoms in total. The van der Waals surface area contributed by atoms with Gasteiger partial charge in [0.15, 0.2) is 5.82 Å². The lowest BCUT2D eigenvalue weighted by Crippen LogP contribution is -2.20. The first-order chi connectivity index (χ1) is 11.4. The van der Waals surface area contributed by atoms with Crippen molar-refractivity contribution in [3.8, 4) is 0 Å². The van der Waals surface area contributed by atoms with Gasteiger partial charge in [0.05, 0.1) is 5.52 Å². The van der Waals surface area contributed by atoms with Gasteiger partial charge in [-0.2, -0.15) is 0 Å². The third kappa shape index (κ3) is 2.95. The topological polar surface area (TPSA) is 29.0 Å². The van der Waals surface area contributed by atoms with Crippen LogP contribution in [0.5, 0.6) is 0 Å². The summed E-state index contributed by atoms with van der Waals surface area (Å²) in [6.07, 6.45) is 6.56. The highest BCUT2D eigenvalue weighted by atomic mass is 15.2. The first-order valence-electron chi connectivity index (χ1n) is 8.15. The quantitative estimate of drug-likeness (QED) is 0.718. The molecule has 0 aliphatic carbocycles. The third-order valence-electron chi connectivity index (χ3n) is 4.23. The predicted octanol–water partition coefficient (Wildman–Crippen LogP) is 4.40. The van der Waals surface area contributed by atoms with E-state index in [4.69, 9.17) is 9.97 Å². The average molecular weight is 301 g/mol. The van der Waals surface area contributed by atoms with Gasteiger partial charge in [0, 0.05) is 18.5 Å². The van der Waals surface area contributed by atoms with Crippen molar-refractivity contribution in [2.45, 2.75) is 12.8 Å². The molecule has 1 fully saturated rings. The Morgan fingerprint density at radius 1 is 0.783 bits per heavy atom. The summed E-state index contributed by atoms with van der Waals surface area (Å²) in [7, 11) is 0. The minimum Gasteiger partial charge on any atom is -0.356 e. The van der Waals surface area contributed by atoms with Gasteiger partial charge >= 0.3 is 0 Å². The van der Waals surface area contributed by atoms with E-state index in [1.807, 2.05) is 30.3 Å². The zero-order valence-electron chi connectivity index (χ0n) is 13.0. The molecule has 1 saturated heterocycles. The Labute approximate surface area is 136 Å². The molecule has 4 rings (SSSR count). The summed E-state index contributed by atoms with van der Waals surface area (Å²) >= 11 is 0. The molecule has 0 unspecified atom stereocenters. The number of aromatic nitrogens is 2. The molecule has 3 aromatic rings. The molecule has 0 atom stereocenters. The molecular formula is C20H19N3. The van der Waals surface area contributed by atoms with Gasteiger partial charge in [0.2, 0.25) is 0 Å². The fourth-order valence-electron chi connectivity index (χ4n) is 3.06. The van der Waals surface area contributed by atoms with Gasteiger partial charge < -0.3 is 4.90 Å². The molecule has 1 aliphatic rings. The maximum absolute atomic E-state index is 4.83. The van der Waals surface area contributed by atoms with Crippen LogP contribution in [0.2, 0.25) is 0 Å². The second-order valence-corrected chi connectivity index (χ2v) is 5.86. The van der Waals surface area contributed by atoms with Crippen molar-refractivity contribution >= 4 is 28.9 Å². The Hall–Kier alpha value is -2.68. The van der Waals surface area contributed by atoms with Crippen molar-refractivity contribution in [3.63, 3.8) is 0 Å². The molecule has 0 N–H and O–H groups in total. The van der Waals surface area contributed by atoms with E-state index < -0.39 is 0 Å². The van der Waals surface area contributed by atoms with Gasteiger partial charge in [0.25, 0.3) is 0 Å². The van der Waals surface area contributed by atoms with Crippen molar-refractivity contribution in [1.29, 1.82) is 0 Å². The second kappa shape index (κ2) is 6.21. The maximum atomic E-state index is 4.83. The van der Waals surface area contributed by atoms with Crippen LogP contribution < -0.4 is 4.90 Å². The number of hydrogen-bond donors (Lipinski definition) is 0. The van der Waals surface area contributed by atoms with Crippen molar-refractivity contribution in [2.24, 2.45) is 0 Å². The monoisotopic (exact) mass is 301 g/mol. The highest BCUT2D eigenvalue weighted by Crippen LogP contribution is 2.27. The number of fused-ring (bicyclic) bond motifs is 1. The van der Waals surface area contributed by atoms with Crippen LogP contribution in [-0.2, 0) is 0 Å². The average Bonchev–Trinajstić information content (AvgIpc) is 3.14. The lowest BCUT2D eigenvalue weighted by atomic mass is 10.2. The van der Waals surface area contributed by atoms with Crippen LogP contribution in [0.4, 0.5) is 5.82 Å². The van der Waals surface area contributed by atoms with E-state index in [0.29, 0.717) is 0 Å². The molecule has 1 aromatic heterocycles. The first kappa shape index (κ1) is 13.9. The van der Waals surface area contributed by atoms with Gasteiger partial charge in [0.1, 0.15) is 5.82 Å². The van der Waals surface area contributed by atoms with Gasteiger partial charge in [-0.1, -0.05) is 48.5 Å². The normalized spacial score (nSPS) is 14.9. The van der Waals surface area contributed by atoms with Crippen LogP contribution in [0, 0.1) is 0 Å². The molecule has 2 heterocycles. The Morgan fingerprint density at radius 3 is 2.35 bits per heavy atom. The van der Waals surface area contributed by atoms with Gasteiger partial charge in [-0.25, -0.2) is 9.97 Å². The first-order valence-corrected chi connectivity index (χ1v) is 8.15. The van der Waals surface area contributed by atoms with Crippen LogP contribution in [0.1, 0.15) is 24.2 Å². The van der Waals surface area contributed by atoms with E-state index in [1.54, 1.807) is 0 Å². The molecule has 114 valence electrons. The zero-order valence-corrected chi connectivity index (χ0v) is 13.0. The standard InChI is InChI=1S/C20H19N3/c1-2-8-16(9-3-1)12-13-19-21-18-11-5-4-10-17(18)20(22-19)23-14-6-7-15-23/h1-5,8-13H,6-7,14-15H2/b13-12+. The molecule has 0 amide bonds. The van der Waals surface area contributed by atoms with Crippen LogP contribution in [0.25, 0.3) is 23.1 Å². The van der Waals surface area contributed by atoms with Crippen molar-refractivity contribution in [2.75, 3.05) is 18.0 Å². The molecule has 2 aromatic carbocycles. The van der Waals surface area contributed by atoms with Gasteiger partial charge in [-0.05, 0) is 36.6 Å². The number of rotatable bonds is 3. The smallest absolute Gasteiger partial charge is 0.154 e. The predicted molar refractivity (Wildman–Crippen MR) is 96.4 cm³/mol. The summed E-state index contributed by atoms with van der Waals surface area (Å²) in [6.45, 7) is 2.17. The summed E-state index contributed by atoms with van der Waals surface area (Å²) in [4.78, 5) is 11.9. The van der Waals surface area contributed by atoms with Crippen LogP contribution >= 0.6 is 0 Å². The molecule has 23 heavy (non-hydrogen) atoms. The summed E-state index contributed by atoms with van der Waals surface area (Å²) in [5, 5.41) is 1.14. The molecule has 0 bridgehead atoms. The van der Waals surface area contributed by atoms with E-state index in [1.165, 1.54) is 12.8 Å². The second-order valence-electron chi connectivity index (χ2n) is 5.86. The summed E-state index contributed by atoms with van der Waals surface area (Å²) in [6, 6.07) is 18.5. The summed E-state index contributed by atoms with van der Waals surface area (Å²) in [5.74, 6) is 1.84. The largest absolute Gasteiger partial charge is 0.356 e. The lowest BCUT2D eigenvalue weighted by molar-refractivity contribution is 0.936. The number of anilines is 1. The van der Waals surface area contributed by atoms with E-state index in [9.17, 15) is 0 Å². The third-order valence-corrected chi connectivity index (χ3v) is 4.23. The number of nitrogens with zero attached hydrogens (tertiary/aromatic N) is 3. The highest BCUT2D eigenvalue weighted by molar-refractivity contribution is 5.90. The Morgan fingerprint density at radius 2 is 1.52 bits per heavy atom. The van der Waals surface area contributed by atoms with Crippen LogP contribution in [-0.4, -0.2) is 23.1 Å². The fraction of sp³-hybridized carbons (Fsp3) is 0.200. The van der Waals surface area contributed by atoms with Crippen LogP contribution in [0.15, 0.2) is 54.6 Å². The maximum Gasteiger partial charge on any atom is 0.154 e. The Bertz CT molecular complexity index is 834. The molecular weight excluding hydrogens is 282 g/mol. The minimum absolute atomic E-state index is 0.773. The van der Waals surface area contributed by atoms with E-state index in [-0.39, 0.29) is 0 Å². The number of benzene rings is 2. The number of para-hydroxylation sites is 1. The molecule has 3 heteroatoms. The molecule has 0 saturated carbocycles. The van der Waals surface area contributed by atoms with Crippen LogP contribution in [0.3, 0.4) is 0 Å². The van der Waals surface area contributed by atoms with Gasteiger partial charge in [-0.3, -0.25) is 0 Å². The van der Waals surface area contributed by atoms with E-state index in [0.717, 1.165) is 41.2 Å². The van der Waals surface area contributed by atoms with E-state index in [2.05, 4.69) is 41.3 Å². The fourth-order valence-corrected chi connectivity index (χ4v) is 3.06. The van der Waals surface area contributed by atoms with Crippen molar-refractivity contribution in [3.05, 3.63) is 66.0 Å². The molecule has 1 aliphatic heterocycles. The van der Waals surface area contributed by atoms with Crippen molar-refractivity contribution < 1.29 is 0 Å². The minimum atomic E-state index is 0.773. The SMILES string of the molecule is C(=C\c1nc(N2CCCC2)c2ccccc2n1)/c1ccccc1. The lowest BCUT2D eigenvalue weighted by Gasteiger charge is -2.18. The molecule has 0 spiro atoms. The van der Waals surface area contributed by atoms with E-state index >= 15 is 0 Å². The Balaban J connectivity index is 1.76. The highest BCUT2D eigenvalue weighted by Gasteiger charge is 2.17. The summed E-state index contributed by atoms with van der Waals surface area (Å²) in [5.41, 5.74) is 2.17. The zero-order chi connectivity index (χ0) is 15.5. The number of hydrogen-bond acceptors (Lipinski definition) is 3. The summed E-state index contributed by atoms with van der Waals surface area (Å²) < 4.78 is 0. The molecule has 0 radical (unpaired) electrons. The Kier molecular flexibility index (Phi) is 3.76. The van der Waals surface area contributed by atoms with Gasteiger partial charge in [-0.15, -0.1) is 0 Å². The van der Waals surface area contributed by atoms with Crippen molar-refractivity contribution in [1.82, 2.24) is 9.97 Å².